The number of halogens is 1. The molecule has 0 bridgehead atoms. The zero-order valence-electron chi connectivity index (χ0n) is 12.2. The van der Waals surface area contributed by atoms with Crippen LogP contribution in [0.3, 0.4) is 0 Å². The van der Waals surface area contributed by atoms with Crippen molar-refractivity contribution in [3.05, 3.63) is 28.8 Å². The highest BCUT2D eigenvalue weighted by Gasteiger charge is 2.10. The van der Waals surface area contributed by atoms with E-state index in [2.05, 4.69) is 26.1 Å². The third-order valence-corrected chi connectivity index (χ3v) is 3.04. The van der Waals surface area contributed by atoms with Crippen molar-refractivity contribution in [2.75, 3.05) is 26.9 Å². The molecule has 1 aromatic carbocycles. The van der Waals surface area contributed by atoms with Gasteiger partial charge in [0.05, 0.1) is 6.61 Å². The topological polar surface area (TPSA) is 30.5 Å². The van der Waals surface area contributed by atoms with Crippen LogP contribution in [0.15, 0.2) is 18.2 Å². The lowest BCUT2D eigenvalue weighted by Crippen LogP contribution is -2.15. The number of hydrogen-bond acceptors (Lipinski definition) is 3. The Morgan fingerprint density at radius 3 is 2.58 bits per heavy atom. The second kappa shape index (κ2) is 8.41. The minimum absolute atomic E-state index is 0.199. The zero-order valence-corrected chi connectivity index (χ0v) is 13.0. The van der Waals surface area contributed by atoms with Crippen molar-refractivity contribution in [1.29, 1.82) is 0 Å². The van der Waals surface area contributed by atoms with Crippen LogP contribution in [0, 0.1) is 5.92 Å². The smallest absolute Gasteiger partial charge is 0.124 e. The predicted octanol–water partition coefficient (Wildman–Crippen LogP) is 3.67. The van der Waals surface area contributed by atoms with Crippen LogP contribution in [0.4, 0.5) is 0 Å². The van der Waals surface area contributed by atoms with E-state index in [-0.39, 0.29) is 6.04 Å². The van der Waals surface area contributed by atoms with Crippen LogP contribution >= 0.6 is 11.6 Å². The van der Waals surface area contributed by atoms with E-state index in [1.807, 2.05) is 25.2 Å². The van der Waals surface area contributed by atoms with Gasteiger partial charge in [-0.1, -0.05) is 25.4 Å². The average Bonchev–Trinajstić information content (AvgIpc) is 2.38. The summed E-state index contributed by atoms with van der Waals surface area (Å²) < 4.78 is 11.3. The van der Waals surface area contributed by atoms with E-state index in [0.29, 0.717) is 19.1 Å². The van der Waals surface area contributed by atoms with Crippen molar-refractivity contribution in [3.63, 3.8) is 0 Å². The maximum atomic E-state index is 6.03. The Kier molecular flexibility index (Phi) is 7.21. The number of hydrogen-bond donors (Lipinski definition) is 1. The van der Waals surface area contributed by atoms with Gasteiger partial charge in [0.2, 0.25) is 0 Å². The summed E-state index contributed by atoms with van der Waals surface area (Å²) in [5, 5.41) is 3.92. The summed E-state index contributed by atoms with van der Waals surface area (Å²) in [5.74, 6) is 1.41. The Morgan fingerprint density at radius 2 is 1.95 bits per heavy atom. The first-order chi connectivity index (χ1) is 9.04. The van der Waals surface area contributed by atoms with E-state index in [9.17, 15) is 0 Å². The Balaban J connectivity index is 2.53. The SMILES string of the molecule is CNC(C)c1cc(Cl)ccc1OCCOCC(C)C. The van der Waals surface area contributed by atoms with Crippen LogP contribution in [-0.2, 0) is 4.74 Å². The van der Waals surface area contributed by atoms with Gasteiger partial charge >= 0.3 is 0 Å². The molecule has 1 unspecified atom stereocenters. The summed E-state index contributed by atoms with van der Waals surface area (Å²) in [5.41, 5.74) is 1.07. The van der Waals surface area contributed by atoms with Crippen LogP contribution in [-0.4, -0.2) is 26.9 Å². The molecule has 0 saturated carbocycles. The summed E-state index contributed by atoms with van der Waals surface area (Å²) in [6.07, 6.45) is 0. The monoisotopic (exact) mass is 285 g/mol. The van der Waals surface area contributed by atoms with Crippen LogP contribution < -0.4 is 10.1 Å². The van der Waals surface area contributed by atoms with Crippen molar-refractivity contribution in [2.45, 2.75) is 26.8 Å². The van der Waals surface area contributed by atoms with Gasteiger partial charge in [-0.2, -0.15) is 0 Å². The van der Waals surface area contributed by atoms with Crippen LogP contribution in [0.25, 0.3) is 0 Å². The lowest BCUT2D eigenvalue weighted by atomic mass is 10.1. The maximum Gasteiger partial charge on any atom is 0.124 e. The predicted molar refractivity (Wildman–Crippen MR) is 80.1 cm³/mol. The van der Waals surface area contributed by atoms with Gasteiger partial charge in [-0.3, -0.25) is 0 Å². The molecule has 3 nitrogen and oxygen atoms in total. The molecule has 1 N–H and O–H groups in total. The van der Waals surface area contributed by atoms with Crippen LogP contribution in [0.2, 0.25) is 5.02 Å². The van der Waals surface area contributed by atoms with E-state index < -0.39 is 0 Å². The van der Waals surface area contributed by atoms with E-state index in [1.165, 1.54) is 0 Å². The normalized spacial score (nSPS) is 12.7. The van der Waals surface area contributed by atoms with E-state index in [1.54, 1.807) is 0 Å². The standard InChI is InChI=1S/C15H24ClNO2/c1-11(2)10-18-7-8-19-15-6-5-13(16)9-14(15)12(3)17-4/h5-6,9,11-12,17H,7-8,10H2,1-4H3. The lowest BCUT2D eigenvalue weighted by Gasteiger charge is -2.17. The molecule has 0 aliphatic carbocycles. The minimum atomic E-state index is 0.199. The first kappa shape index (κ1) is 16.3. The van der Waals surface area contributed by atoms with Gasteiger partial charge in [-0.25, -0.2) is 0 Å². The largest absolute Gasteiger partial charge is 0.491 e. The zero-order chi connectivity index (χ0) is 14.3. The molecule has 0 aliphatic heterocycles. The quantitative estimate of drug-likeness (QED) is 0.739. The summed E-state index contributed by atoms with van der Waals surface area (Å²) in [7, 11) is 1.92. The summed E-state index contributed by atoms with van der Waals surface area (Å²) >= 11 is 6.03. The highest BCUT2D eigenvalue weighted by atomic mass is 35.5. The second-order valence-electron chi connectivity index (χ2n) is 5.01. The summed E-state index contributed by atoms with van der Waals surface area (Å²) in [6, 6.07) is 5.89. The average molecular weight is 286 g/mol. The molecule has 1 atom stereocenters. The molecular formula is C15H24ClNO2. The van der Waals surface area contributed by atoms with Gasteiger partial charge in [-0.15, -0.1) is 0 Å². The third-order valence-electron chi connectivity index (χ3n) is 2.81. The molecule has 0 spiro atoms. The number of nitrogens with one attached hydrogen (secondary N) is 1. The first-order valence-electron chi connectivity index (χ1n) is 6.71. The molecule has 0 aromatic heterocycles. The second-order valence-corrected chi connectivity index (χ2v) is 5.45. The Hall–Kier alpha value is -0.770. The molecule has 1 rings (SSSR count). The summed E-state index contributed by atoms with van der Waals surface area (Å²) in [4.78, 5) is 0. The number of benzene rings is 1. The fourth-order valence-corrected chi connectivity index (χ4v) is 1.85. The van der Waals surface area contributed by atoms with Gasteiger partial charge in [0.25, 0.3) is 0 Å². The Morgan fingerprint density at radius 1 is 1.21 bits per heavy atom. The van der Waals surface area contributed by atoms with E-state index >= 15 is 0 Å². The Bertz CT molecular complexity index is 382. The van der Waals surface area contributed by atoms with Crippen LogP contribution in [0.5, 0.6) is 5.75 Å². The van der Waals surface area contributed by atoms with Gasteiger partial charge in [0.1, 0.15) is 12.4 Å². The lowest BCUT2D eigenvalue weighted by molar-refractivity contribution is 0.0815. The molecule has 0 amide bonds. The molecule has 0 aliphatic rings. The fourth-order valence-electron chi connectivity index (χ4n) is 1.67. The van der Waals surface area contributed by atoms with Crippen molar-refractivity contribution in [2.24, 2.45) is 5.92 Å². The number of ether oxygens (including phenoxy) is 2. The number of rotatable bonds is 8. The minimum Gasteiger partial charge on any atom is -0.491 e. The third kappa shape index (κ3) is 5.81. The van der Waals surface area contributed by atoms with Crippen molar-refractivity contribution in [1.82, 2.24) is 5.32 Å². The van der Waals surface area contributed by atoms with Gasteiger partial charge in [0.15, 0.2) is 0 Å². The molecule has 0 saturated heterocycles. The van der Waals surface area contributed by atoms with Crippen molar-refractivity contribution >= 4 is 11.6 Å². The molecule has 4 heteroatoms. The molecule has 19 heavy (non-hydrogen) atoms. The highest BCUT2D eigenvalue weighted by Crippen LogP contribution is 2.28. The molecule has 0 heterocycles. The van der Waals surface area contributed by atoms with Gasteiger partial charge in [0, 0.05) is 23.2 Å². The Labute approximate surface area is 121 Å². The maximum absolute atomic E-state index is 6.03. The fraction of sp³-hybridized carbons (Fsp3) is 0.600. The van der Waals surface area contributed by atoms with E-state index in [4.69, 9.17) is 21.1 Å². The first-order valence-corrected chi connectivity index (χ1v) is 7.09. The van der Waals surface area contributed by atoms with E-state index in [0.717, 1.165) is 22.9 Å². The highest BCUT2D eigenvalue weighted by molar-refractivity contribution is 6.30. The van der Waals surface area contributed by atoms with Gasteiger partial charge in [-0.05, 0) is 38.1 Å². The molecule has 1 aromatic rings. The van der Waals surface area contributed by atoms with Gasteiger partial charge < -0.3 is 14.8 Å². The molecule has 108 valence electrons. The van der Waals surface area contributed by atoms with Crippen LogP contribution in [0.1, 0.15) is 32.4 Å². The van der Waals surface area contributed by atoms with Crippen molar-refractivity contribution < 1.29 is 9.47 Å². The molecular weight excluding hydrogens is 262 g/mol. The molecule has 0 radical (unpaired) electrons. The van der Waals surface area contributed by atoms with Crippen molar-refractivity contribution in [3.8, 4) is 5.75 Å². The molecule has 0 fully saturated rings. The summed E-state index contributed by atoms with van der Waals surface area (Å²) in [6.45, 7) is 8.27.